The van der Waals surface area contributed by atoms with Gasteiger partial charge < -0.3 is 9.84 Å². The van der Waals surface area contributed by atoms with Crippen LogP contribution in [0.3, 0.4) is 0 Å². The molecule has 0 amide bonds. The smallest absolute Gasteiger partial charge is 0.339 e. The summed E-state index contributed by atoms with van der Waals surface area (Å²) in [6.45, 7) is 10.9. The standard InChI is InChI=1S/C31H38O3/c1-6-21-17-22(7-2)29(27(32)18-21)30-25-11-9-8-10-23(25)13-15-26(30)31(33)34-28-16-20(5)12-14-24(28)19(3)4/h8-11,13,15,17-20,24,28,32H,6-7,12,14,16H2,1-5H3/t20-,24+,28-/m1/s1. The predicted octanol–water partition coefficient (Wildman–Crippen LogP) is 7.95. The maximum absolute atomic E-state index is 13.8. The molecule has 0 radical (unpaired) electrons. The number of fused-ring (bicyclic) bond motifs is 1. The highest BCUT2D eigenvalue weighted by Crippen LogP contribution is 2.42. The molecule has 0 unspecified atom stereocenters. The molecule has 3 atom stereocenters. The molecule has 0 aromatic heterocycles. The van der Waals surface area contributed by atoms with E-state index in [1.165, 1.54) is 6.42 Å². The number of aryl methyl sites for hydroxylation is 2. The minimum Gasteiger partial charge on any atom is -0.507 e. The molecule has 1 aliphatic rings. The molecule has 1 fully saturated rings. The molecule has 1 N–H and O–H groups in total. The number of carbonyl (C=O) groups excluding carboxylic acids is 1. The van der Waals surface area contributed by atoms with Crippen LogP contribution in [0.5, 0.6) is 5.75 Å². The van der Waals surface area contributed by atoms with Gasteiger partial charge in [-0.3, -0.25) is 0 Å². The Kier molecular flexibility index (Phi) is 7.30. The normalized spacial score (nSPS) is 20.6. The summed E-state index contributed by atoms with van der Waals surface area (Å²) in [7, 11) is 0. The maximum atomic E-state index is 13.8. The number of phenolic OH excluding ortho intramolecular Hbond substituents is 1. The molecule has 34 heavy (non-hydrogen) atoms. The molecule has 0 aliphatic heterocycles. The lowest BCUT2D eigenvalue weighted by molar-refractivity contribution is -0.0173. The molecule has 3 aromatic carbocycles. The van der Waals surface area contributed by atoms with Crippen molar-refractivity contribution in [3.63, 3.8) is 0 Å². The highest BCUT2D eigenvalue weighted by atomic mass is 16.5. The van der Waals surface area contributed by atoms with E-state index in [0.29, 0.717) is 23.3 Å². The van der Waals surface area contributed by atoms with Crippen LogP contribution < -0.4 is 0 Å². The van der Waals surface area contributed by atoms with E-state index >= 15 is 0 Å². The first kappa shape index (κ1) is 24.3. The average Bonchev–Trinajstić information content (AvgIpc) is 2.82. The average molecular weight is 459 g/mol. The summed E-state index contributed by atoms with van der Waals surface area (Å²) in [6, 6.07) is 15.9. The molecule has 1 aliphatic carbocycles. The van der Waals surface area contributed by atoms with Crippen molar-refractivity contribution in [3.8, 4) is 16.9 Å². The summed E-state index contributed by atoms with van der Waals surface area (Å²) < 4.78 is 6.27. The van der Waals surface area contributed by atoms with E-state index in [2.05, 4.69) is 46.8 Å². The van der Waals surface area contributed by atoms with Crippen molar-refractivity contribution in [2.45, 2.75) is 72.8 Å². The Balaban J connectivity index is 1.85. The van der Waals surface area contributed by atoms with E-state index < -0.39 is 0 Å². The zero-order valence-corrected chi connectivity index (χ0v) is 21.2. The lowest BCUT2D eigenvalue weighted by Crippen LogP contribution is -2.36. The molecule has 0 spiro atoms. The zero-order valence-electron chi connectivity index (χ0n) is 21.2. The van der Waals surface area contributed by atoms with Gasteiger partial charge in [0.15, 0.2) is 0 Å². The Morgan fingerprint density at radius 2 is 1.79 bits per heavy atom. The van der Waals surface area contributed by atoms with Crippen LogP contribution in [0.15, 0.2) is 48.5 Å². The van der Waals surface area contributed by atoms with Gasteiger partial charge in [0.05, 0.1) is 5.56 Å². The Hall–Kier alpha value is -2.81. The van der Waals surface area contributed by atoms with Gasteiger partial charge in [-0.25, -0.2) is 4.79 Å². The van der Waals surface area contributed by atoms with E-state index in [9.17, 15) is 9.90 Å². The van der Waals surface area contributed by atoms with Gasteiger partial charge in [-0.1, -0.05) is 77.4 Å². The number of rotatable bonds is 6. The van der Waals surface area contributed by atoms with Crippen molar-refractivity contribution < 1.29 is 14.6 Å². The molecular weight excluding hydrogens is 420 g/mol. The van der Waals surface area contributed by atoms with Crippen LogP contribution in [0.2, 0.25) is 0 Å². The van der Waals surface area contributed by atoms with Gasteiger partial charge in [-0.05, 0) is 77.5 Å². The summed E-state index contributed by atoms with van der Waals surface area (Å²) in [5.41, 5.74) is 4.21. The van der Waals surface area contributed by atoms with Crippen LogP contribution in [0, 0.1) is 17.8 Å². The second-order valence-corrected chi connectivity index (χ2v) is 10.3. The third kappa shape index (κ3) is 4.71. The summed E-state index contributed by atoms with van der Waals surface area (Å²) in [5, 5.41) is 13.2. The Bertz CT molecular complexity index is 1180. The summed E-state index contributed by atoms with van der Waals surface area (Å²) in [4.78, 5) is 13.8. The number of benzene rings is 3. The first-order chi connectivity index (χ1) is 16.3. The molecule has 0 heterocycles. The SMILES string of the molecule is CCc1cc(O)c(-c2c(C(=O)O[C@@H]3C[C@H](C)CC[C@H]3C(C)C)ccc3ccccc23)c(CC)c1. The number of hydrogen-bond acceptors (Lipinski definition) is 3. The first-order valence-corrected chi connectivity index (χ1v) is 12.9. The van der Waals surface area contributed by atoms with Gasteiger partial charge in [-0.15, -0.1) is 0 Å². The van der Waals surface area contributed by atoms with Gasteiger partial charge in [0, 0.05) is 11.1 Å². The summed E-state index contributed by atoms with van der Waals surface area (Å²) in [5.74, 6) is 1.35. The van der Waals surface area contributed by atoms with E-state index in [1.807, 2.05) is 36.4 Å². The topological polar surface area (TPSA) is 46.5 Å². The van der Waals surface area contributed by atoms with Gasteiger partial charge in [-0.2, -0.15) is 0 Å². The van der Waals surface area contributed by atoms with E-state index in [4.69, 9.17) is 4.74 Å². The molecule has 180 valence electrons. The molecule has 1 saturated carbocycles. The van der Waals surface area contributed by atoms with Crippen LogP contribution in [-0.4, -0.2) is 17.2 Å². The van der Waals surface area contributed by atoms with Crippen LogP contribution >= 0.6 is 0 Å². The quantitative estimate of drug-likeness (QED) is 0.381. The van der Waals surface area contributed by atoms with Crippen molar-refractivity contribution in [1.29, 1.82) is 0 Å². The number of esters is 1. The molecule has 4 rings (SSSR count). The lowest BCUT2D eigenvalue weighted by Gasteiger charge is -2.36. The van der Waals surface area contributed by atoms with Crippen LogP contribution in [0.25, 0.3) is 21.9 Å². The van der Waals surface area contributed by atoms with E-state index in [0.717, 1.165) is 58.7 Å². The fourth-order valence-corrected chi connectivity index (χ4v) is 5.68. The lowest BCUT2D eigenvalue weighted by atomic mass is 9.75. The molecule has 0 bridgehead atoms. The third-order valence-corrected chi connectivity index (χ3v) is 7.67. The van der Waals surface area contributed by atoms with Crippen molar-refractivity contribution >= 4 is 16.7 Å². The second kappa shape index (κ2) is 10.2. The molecule has 0 saturated heterocycles. The van der Waals surface area contributed by atoms with E-state index in [1.54, 1.807) is 0 Å². The molecule has 3 heteroatoms. The van der Waals surface area contributed by atoms with Crippen LogP contribution in [0.1, 0.15) is 75.4 Å². The number of phenols is 1. The molecular formula is C31H38O3. The fourth-order valence-electron chi connectivity index (χ4n) is 5.68. The van der Waals surface area contributed by atoms with Gasteiger partial charge >= 0.3 is 5.97 Å². The third-order valence-electron chi connectivity index (χ3n) is 7.67. The second-order valence-electron chi connectivity index (χ2n) is 10.3. The van der Waals surface area contributed by atoms with Crippen LogP contribution in [-0.2, 0) is 17.6 Å². The molecule has 3 aromatic rings. The van der Waals surface area contributed by atoms with Gasteiger partial charge in [0.1, 0.15) is 11.9 Å². The number of ether oxygens (including phenoxy) is 1. The highest BCUT2D eigenvalue weighted by Gasteiger charge is 2.34. The number of aromatic hydroxyl groups is 1. The van der Waals surface area contributed by atoms with Crippen molar-refractivity contribution in [2.24, 2.45) is 17.8 Å². The number of hydrogen-bond donors (Lipinski definition) is 1. The monoisotopic (exact) mass is 458 g/mol. The fraction of sp³-hybridized carbons (Fsp3) is 0.452. The van der Waals surface area contributed by atoms with Gasteiger partial charge in [0.25, 0.3) is 0 Å². The minimum absolute atomic E-state index is 0.0720. The highest BCUT2D eigenvalue weighted by molar-refractivity contribution is 6.09. The van der Waals surface area contributed by atoms with Crippen molar-refractivity contribution in [2.75, 3.05) is 0 Å². The van der Waals surface area contributed by atoms with Crippen molar-refractivity contribution in [1.82, 2.24) is 0 Å². The Morgan fingerprint density at radius 1 is 1.03 bits per heavy atom. The van der Waals surface area contributed by atoms with Crippen molar-refractivity contribution in [3.05, 3.63) is 65.2 Å². The molecule has 3 nitrogen and oxygen atoms in total. The predicted molar refractivity (Wildman–Crippen MR) is 140 cm³/mol. The first-order valence-electron chi connectivity index (χ1n) is 12.9. The Labute approximate surface area is 204 Å². The Morgan fingerprint density at radius 3 is 2.50 bits per heavy atom. The maximum Gasteiger partial charge on any atom is 0.339 e. The number of carbonyl (C=O) groups is 1. The summed E-state index contributed by atoms with van der Waals surface area (Å²) in [6.07, 6.45) is 4.74. The zero-order chi connectivity index (χ0) is 24.4. The van der Waals surface area contributed by atoms with Crippen LogP contribution in [0.4, 0.5) is 0 Å². The summed E-state index contributed by atoms with van der Waals surface area (Å²) >= 11 is 0. The largest absolute Gasteiger partial charge is 0.507 e. The minimum atomic E-state index is -0.286. The van der Waals surface area contributed by atoms with Gasteiger partial charge in [0.2, 0.25) is 0 Å². The van der Waals surface area contributed by atoms with E-state index in [-0.39, 0.29) is 17.8 Å².